The first kappa shape index (κ1) is 7.78. The Morgan fingerprint density at radius 2 is 2.29 bits per heavy atom. The van der Waals surface area contributed by atoms with Crippen LogP contribution in [0.5, 0.6) is 0 Å². The number of hydrogen-bond acceptors (Lipinski definition) is 2. The Bertz CT molecular complexity index is 75.7. The van der Waals surface area contributed by atoms with E-state index >= 15 is 0 Å². The number of hydrogen-bond donors (Lipinski definition) is 0. The van der Waals surface area contributed by atoms with E-state index in [4.69, 9.17) is 0 Å². The van der Waals surface area contributed by atoms with Gasteiger partial charge in [0.25, 0.3) is 0 Å². The largest absolute Gasteiger partial charge is 1.00 e. The van der Waals surface area contributed by atoms with E-state index in [1.807, 2.05) is 17.6 Å². The van der Waals surface area contributed by atoms with Gasteiger partial charge in [0.2, 0.25) is 0 Å². The molecule has 0 aromatic heterocycles. The molecule has 1 heterocycles. The Kier molecular flexibility index (Phi) is 5.47. The minimum atomic E-state index is 0. The van der Waals surface area contributed by atoms with Crippen LogP contribution in [0.1, 0.15) is 0 Å². The fourth-order valence-corrected chi connectivity index (χ4v) is 1.27. The van der Waals surface area contributed by atoms with Gasteiger partial charge >= 0.3 is 18.9 Å². The first-order valence-electron chi connectivity index (χ1n) is 1.56. The molecule has 0 fully saturated rings. The van der Waals surface area contributed by atoms with E-state index in [1.54, 1.807) is 21.6 Å². The molecule has 1 aliphatic heterocycles. The molecule has 3 heteroatoms. The van der Waals surface area contributed by atoms with Crippen molar-refractivity contribution >= 4 is 21.6 Å². The summed E-state index contributed by atoms with van der Waals surface area (Å²) in [6.45, 7) is 0. The Morgan fingerprint density at radius 3 is 2.43 bits per heavy atom. The Balaban J connectivity index is 0.000000360. The summed E-state index contributed by atoms with van der Waals surface area (Å²) in [5.41, 5.74) is 0. The molecule has 0 bridgehead atoms. The van der Waals surface area contributed by atoms with E-state index in [2.05, 4.69) is 5.41 Å². The second kappa shape index (κ2) is 4.92. The van der Waals surface area contributed by atoms with Gasteiger partial charge in [0.1, 0.15) is 0 Å². The van der Waals surface area contributed by atoms with E-state index < -0.39 is 0 Å². The first-order chi connectivity index (χ1) is 3.00. The summed E-state index contributed by atoms with van der Waals surface area (Å²) < 4.78 is 0. The molecule has 0 saturated carbocycles. The molecule has 0 aliphatic carbocycles. The van der Waals surface area contributed by atoms with Gasteiger partial charge < -0.3 is 0 Å². The van der Waals surface area contributed by atoms with Crippen LogP contribution in [0.4, 0.5) is 0 Å². The number of rotatable bonds is 0. The maximum Gasteiger partial charge on any atom is 1.00 e. The second-order valence-electron chi connectivity index (χ2n) is 0.793. The van der Waals surface area contributed by atoms with Gasteiger partial charge in [-0.2, -0.15) is 16.2 Å². The van der Waals surface area contributed by atoms with Crippen LogP contribution in [0.2, 0.25) is 0 Å². The maximum atomic E-state index is 2.95. The van der Waals surface area contributed by atoms with Crippen LogP contribution < -0.4 is 18.9 Å². The fourth-order valence-electron chi connectivity index (χ4n) is 0.194. The summed E-state index contributed by atoms with van der Waals surface area (Å²) in [7, 11) is 3.31. The van der Waals surface area contributed by atoms with Crippen molar-refractivity contribution in [2.45, 2.75) is 0 Å². The van der Waals surface area contributed by atoms with Gasteiger partial charge in [0.15, 0.2) is 0 Å². The molecule has 0 aromatic carbocycles. The standard InChI is InChI=1S/C4H3S2.Li/c1-2-4-6-5-3-1;/h1-3H;/q-1;+1. The van der Waals surface area contributed by atoms with Crippen molar-refractivity contribution in [2.75, 3.05) is 0 Å². The minimum absolute atomic E-state index is 0. The molecule has 32 valence electrons. The Labute approximate surface area is 63.4 Å². The van der Waals surface area contributed by atoms with Crippen LogP contribution in [-0.4, -0.2) is 0 Å². The van der Waals surface area contributed by atoms with Crippen molar-refractivity contribution in [1.29, 1.82) is 0 Å². The molecular weight excluding hydrogens is 119 g/mol. The smallest absolute Gasteiger partial charge is 0.227 e. The van der Waals surface area contributed by atoms with Crippen LogP contribution >= 0.6 is 21.6 Å². The van der Waals surface area contributed by atoms with Gasteiger partial charge in [0.05, 0.1) is 0 Å². The van der Waals surface area contributed by atoms with Crippen LogP contribution in [0.3, 0.4) is 0 Å². The van der Waals surface area contributed by atoms with Crippen molar-refractivity contribution in [3.63, 3.8) is 0 Å². The van der Waals surface area contributed by atoms with E-state index in [9.17, 15) is 0 Å². The van der Waals surface area contributed by atoms with Crippen molar-refractivity contribution < 1.29 is 18.9 Å². The summed E-state index contributed by atoms with van der Waals surface area (Å²) >= 11 is 0. The maximum absolute atomic E-state index is 2.95. The monoisotopic (exact) mass is 122 g/mol. The molecule has 1 aliphatic rings. The zero-order valence-electron chi connectivity index (χ0n) is 4.05. The first-order valence-corrected chi connectivity index (χ1v) is 3.77. The fraction of sp³-hybridized carbons (Fsp3) is 0. The van der Waals surface area contributed by atoms with Crippen molar-refractivity contribution in [1.82, 2.24) is 0 Å². The summed E-state index contributed by atoms with van der Waals surface area (Å²) in [5, 5.41) is 4.98. The van der Waals surface area contributed by atoms with Crippen molar-refractivity contribution in [2.24, 2.45) is 0 Å². The van der Waals surface area contributed by atoms with Crippen molar-refractivity contribution in [3.05, 3.63) is 23.0 Å². The van der Waals surface area contributed by atoms with Gasteiger partial charge in [-0.25, -0.2) is 12.2 Å². The van der Waals surface area contributed by atoms with E-state index in [-0.39, 0.29) is 18.9 Å². The molecule has 0 aromatic rings. The summed E-state index contributed by atoms with van der Waals surface area (Å²) in [6, 6.07) is 0. The average Bonchev–Trinajstić information content (AvgIpc) is 1.72. The number of allylic oxidation sites excluding steroid dienone is 2. The molecule has 0 radical (unpaired) electrons. The molecule has 0 nitrogen and oxygen atoms in total. The van der Waals surface area contributed by atoms with Crippen LogP contribution in [0.15, 0.2) is 17.6 Å². The molecule has 1 rings (SSSR count). The summed E-state index contributed by atoms with van der Waals surface area (Å²) in [6.07, 6.45) is 3.88. The second-order valence-corrected chi connectivity index (χ2v) is 2.74. The third-order valence-electron chi connectivity index (χ3n) is 0.395. The van der Waals surface area contributed by atoms with Crippen LogP contribution in [0.25, 0.3) is 0 Å². The van der Waals surface area contributed by atoms with Crippen LogP contribution in [0, 0.1) is 5.41 Å². The zero-order chi connectivity index (χ0) is 4.24. The third-order valence-corrected chi connectivity index (χ3v) is 1.90. The predicted octanol–water partition coefficient (Wildman–Crippen LogP) is -0.784. The van der Waals surface area contributed by atoms with Crippen molar-refractivity contribution in [3.8, 4) is 0 Å². The Hall–Kier alpha value is 0.777. The minimum Gasteiger partial charge on any atom is -0.227 e. The molecule has 0 atom stereocenters. The van der Waals surface area contributed by atoms with Gasteiger partial charge in [-0.3, -0.25) is 0 Å². The molecule has 0 saturated heterocycles. The van der Waals surface area contributed by atoms with Gasteiger partial charge in [0, 0.05) is 0 Å². The quantitative estimate of drug-likeness (QED) is 0.235. The molecule has 0 spiro atoms. The topological polar surface area (TPSA) is 0 Å². The normalized spacial score (nSPS) is 16.0. The summed E-state index contributed by atoms with van der Waals surface area (Å²) in [4.78, 5) is 0. The van der Waals surface area contributed by atoms with Gasteiger partial charge in [-0.15, -0.1) is 16.2 Å². The average molecular weight is 122 g/mol. The van der Waals surface area contributed by atoms with Gasteiger partial charge in [-0.1, -0.05) is 0 Å². The van der Waals surface area contributed by atoms with E-state index in [0.717, 1.165) is 0 Å². The Morgan fingerprint density at radius 1 is 1.43 bits per heavy atom. The zero-order valence-corrected chi connectivity index (χ0v) is 5.68. The summed E-state index contributed by atoms with van der Waals surface area (Å²) in [5.74, 6) is 0. The molecule has 7 heavy (non-hydrogen) atoms. The third kappa shape index (κ3) is 3.37. The molecule has 0 unspecified atom stereocenters. The van der Waals surface area contributed by atoms with E-state index in [0.29, 0.717) is 0 Å². The van der Waals surface area contributed by atoms with E-state index in [1.165, 1.54) is 0 Å². The molecule has 0 N–H and O–H groups in total. The molecular formula is C4H3LiS2. The van der Waals surface area contributed by atoms with Gasteiger partial charge in [-0.05, 0) is 0 Å². The van der Waals surface area contributed by atoms with Crippen LogP contribution in [-0.2, 0) is 0 Å². The SMILES string of the molecule is [C-]1=CC=CSS1.[Li+]. The predicted molar refractivity (Wildman–Crippen MR) is 32.1 cm³/mol. The molecule has 0 amide bonds.